The Labute approximate surface area is 232 Å². The summed E-state index contributed by atoms with van der Waals surface area (Å²) in [5, 5.41) is 13.8. The van der Waals surface area contributed by atoms with Crippen molar-refractivity contribution >= 4 is 35.4 Å². The number of ether oxygens (including phenoxy) is 1. The first kappa shape index (κ1) is 25.1. The number of aromatic amines is 1. The molecule has 2 saturated carbocycles. The maximum atomic E-state index is 13.4. The second-order valence-corrected chi connectivity index (χ2v) is 11.0. The van der Waals surface area contributed by atoms with Crippen LogP contribution < -0.4 is 20.4 Å². The Morgan fingerprint density at radius 1 is 1.07 bits per heavy atom. The van der Waals surface area contributed by atoms with Gasteiger partial charge in [-0.1, -0.05) is 0 Å². The first-order chi connectivity index (χ1) is 19.6. The van der Waals surface area contributed by atoms with E-state index in [0.29, 0.717) is 47.9 Å². The summed E-state index contributed by atoms with van der Waals surface area (Å²) in [6.07, 6.45) is 8.85. The van der Waals surface area contributed by atoms with Crippen LogP contribution in [-0.2, 0) is 9.53 Å². The highest BCUT2D eigenvalue weighted by Crippen LogP contribution is 2.49. The van der Waals surface area contributed by atoms with E-state index < -0.39 is 6.04 Å². The molecule has 3 aromatic heterocycles. The number of anilines is 5. The van der Waals surface area contributed by atoms with E-state index in [2.05, 4.69) is 45.5 Å². The average molecular weight is 547 g/mol. The fraction of sp³-hybridized carbons (Fsp3) is 0.577. The number of hydrogen-bond acceptors (Lipinski definition) is 12. The zero-order chi connectivity index (χ0) is 27.1. The summed E-state index contributed by atoms with van der Waals surface area (Å²) in [6.45, 7) is 5.00. The molecule has 4 aliphatic rings. The topological polar surface area (TPSA) is 153 Å². The van der Waals surface area contributed by atoms with Gasteiger partial charge in [0.15, 0.2) is 11.6 Å². The van der Waals surface area contributed by atoms with E-state index in [4.69, 9.17) is 19.7 Å². The van der Waals surface area contributed by atoms with Crippen LogP contribution in [0.25, 0.3) is 0 Å². The number of fused-ring (bicyclic) bond motifs is 1. The number of aromatic nitrogens is 7. The van der Waals surface area contributed by atoms with Crippen molar-refractivity contribution in [2.24, 2.45) is 5.92 Å². The molecule has 2 aliphatic carbocycles. The van der Waals surface area contributed by atoms with E-state index in [1.807, 2.05) is 6.07 Å². The molecule has 3 N–H and O–H groups in total. The summed E-state index contributed by atoms with van der Waals surface area (Å²) in [4.78, 5) is 42.9. The zero-order valence-electron chi connectivity index (χ0n) is 22.5. The third-order valence-corrected chi connectivity index (χ3v) is 8.19. The molecule has 14 nitrogen and oxygen atoms in total. The first-order valence-corrected chi connectivity index (χ1v) is 14.0. The largest absolute Gasteiger partial charge is 0.383 e. The molecule has 3 aromatic rings. The summed E-state index contributed by atoms with van der Waals surface area (Å²) >= 11 is 0. The van der Waals surface area contributed by atoms with Crippen LogP contribution in [0.3, 0.4) is 0 Å². The number of nitrogens with zero attached hydrogens (tertiary/aromatic N) is 9. The second kappa shape index (κ2) is 10.6. The van der Waals surface area contributed by atoms with Gasteiger partial charge in [-0.05, 0) is 31.6 Å². The number of carbonyl (C=O) groups excluding carboxylic acids is 1. The fourth-order valence-corrected chi connectivity index (χ4v) is 5.73. The molecule has 3 atom stereocenters. The molecule has 0 aromatic carbocycles. The number of carbonyl (C=O) groups is 1. The van der Waals surface area contributed by atoms with Crippen molar-refractivity contribution in [1.29, 1.82) is 0 Å². The van der Waals surface area contributed by atoms with E-state index in [0.717, 1.165) is 51.3 Å². The SMILES string of the molecule is COCCN1CCN(c2nc(Nc3cc(C4CC4)[nH]n3)nc(N3C4CC4C[C@H]3C(=O)Nc3cnccn3)n2)CC1. The van der Waals surface area contributed by atoms with Crippen molar-refractivity contribution in [2.45, 2.75) is 43.7 Å². The van der Waals surface area contributed by atoms with Gasteiger partial charge in [-0.3, -0.25) is 19.8 Å². The molecule has 2 unspecified atom stereocenters. The third kappa shape index (κ3) is 5.28. The number of amides is 1. The van der Waals surface area contributed by atoms with Crippen molar-refractivity contribution in [3.8, 4) is 0 Å². The van der Waals surface area contributed by atoms with E-state index in [1.165, 1.54) is 12.8 Å². The molecule has 1 amide bonds. The molecule has 2 saturated heterocycles. The lowest BCUT2D eigenvalue weighted by atomic mass is 10.1. The number of H-pyrrole nitrogens is 1. The molecular weight excluding hydrogens is 512 g/mol. The lowest BCUT2D eigenvalue weighted by Gasteiger charge is -2.35. The van der Waals surface area contributed by atoms with Gasteiger partial charge >= 0.3 is 0 Å². The summed E-state index contributed by atoms with van der Waals surface area (Å²) < 4.78 is 5.25. The molecule has 5 heterocycles. The lowest BCUT2D eigenvalue weighted by molar-refractivity contribution is -0.117. The monoisotopic (exact) mass is 546 g/mol. The van der Waals surface area contributed by atoms with Gasteiger partial charge in [0.2, 0.25) is 23.8 Å². The van der Waals surface area contributed by atoms with Crippen molar-refractivity contribution in [3.05, 3.63) is 30.4 Å². The van der Waals surface area contributed by atoms with Crippen molar-refractivity contribution in [1.82, 2.24) is 40.0 Å². The van der Waals surface area contributed by atoms with Gasteiger partial charge < -0.3 is 25.2 Å². The number of hydrogen-bond donors (Lipinski definition) is 3. The Balaban J connectivity index is 1.16. The molecule has 210 valence electrons. The number of piperazine rings is 1. The smallest absolute Gasteiger partial charge is 0.248 e. The van der Waals surface area contributed by atoms with E-state index in [1.54, 1.807) is 25.7 Å². The standard InChI is InChI=1S/C26H34N12O2/c1-40-11-10-36-6-8-37(9-7-36)25-31-24(30-21-14-18(34-35-21)16-2-3-16)32-26(33-25)38-19-12-17(19)13-20(38)23(39)29-22-15-27-4-5-28-22/h4-5,14-17,19-20H,2-3,6-13H2,1H3,(H,28,29,39)(H2,30,31,32,33,34,35)/t17?,19?,20-/m0/s1. The third-order valence-electron chi connectivity index (χ3n) is 8.19. The molecule has 0 radical (unpaired) electrons. The number of piperidine rings is 1. The van der Waals surface area contributed by atoms with Gasteiger partial charge in [0.25, 0.3) is 0 Å². The minimum Gasteiger partial charge on any atom is -0.383 e. The van der Waals surface area contributed by atoms with Crippen LogP contribution in [0.2, 0.25) is 0 Å². The summed E-state index contributed by atoms with van der Waals surface area (Å²) in [5.41, 5.74) is 1.13. The van der Waals surface area contributed by atoms with Gasteiger partial charge in [-0.25, -0.2) is 4.98 Å². The molecule has 0 bridgehead atoms. The number of methoxy groups -OCH3 is 1. The fourth-order valence-electron chi connectivity index (χ4n) is 5.73. The van der Waals surface area contributed by atoms with Gasteiger partial charge in [0, 0.05) is 75.9 Å². The van der Waals surface area contributed by atoms with Crippen LogP contribution in [0.4, 0.5) is 29.5 Å². The quantitative estimate of drug-likeness (QED) is 0.337. The van der Waals surface area contributed by atoms with Crippen LogP contribution in [0.1, 0.15) is 37.3 Å². The Kier molecular flexibility index (Phi) is 6.63. The van der Waals surface area contributed by atoms with Gasteiger partial charge in [0.1, 0.15) is 6.04 Å². The minimum absolute atomic E-state index is 0.127. The Bertz CT molecular complexity index is 1340. The highest BCUT2D eigenvalue weighted by atomic mass is 16.5. The van der Waals surface area contributed by atoms with E-state index in [-0.39, 0.29) is 11.9 Å². The highest BCUT2D eigenvalue weighted by molar-refractivity contribution is 5.96. The minimum atomic E-state index is -0.397. The molecule has 2 aliphatic heterocycles. The maximum absolute atomic E-state index is 13.4. The van der Waals surface area contributed by atoms with E-state index in [9.17, 15) is 4.79 Å². The van der Waals surface area contributed by atoms with Crippen LogP contribution >= 0.6 is 0 Å². The summed E-state index contributed by atoms with van der Waals surface area (Å²) in [6, 6.07) is 1.87. The zero-order valence-corrected chi connectivity index (χ0v) is 22.5. The maximum Gasteiger partial charge on any atom is 0.248 e. The molecule has 7 rings (SSSR count). The average Bonchev–Trinajstić information content (AvgIpc) is 3.90. The first-order valence-electron chi connectivity index (χ1n) is 14.0. The number of nitrogens with one attached hydrogen (secondary N) is 3. The Morgan fingerprint density at radius 3 is 2.70 bits per heavy atom. The Morgan fingerprint density at radius 2 is 1.93 bits per heavy atom. The molecule has 0 spiro atoms. The van der Waals surface area contributed by atoms with Crippen LogP contribution in [0.15, 0.2) is 24.7 Å². The predicted molar refractivity (Wildman–Crippen MR) is 148 cm³/mol. The molecule has 14 heteroatoms. The number of rotatable bonds is 10. The van der Waals surface area contributed by atoms with Crippen molar-refractivity contribution in [3.63, 3.8) is 0 Å². The van der Waals surface area contributed by atoms with Crippen LogP contribution in [0, 0.1) is 5.92 Å². The highest BCUT2D eigenvalue weighted by Gasteiger charge is 2.55. The van der Waals surface area contributed by atoms with Crippen LogP contribution in [-0.4, -0.2) is 104 Å². The van der Waals surface area contributed by atoms with E-state index >= 15 is 0 Å². The predicted octanol–water partition coefficient (Wildman–Crippen LogP) is 1.38. The molecule has 40 heavy (non-hydrogen) atoms. The van der Waals surface area contributed by atoms with Crippen LogP contribution in [0.5, 0.6) is 0 Å². The molecule has 4 fully saturated rings. The second-order valence-electron chi connectivity index (χ2n) is 11.0. The van der Waals surface area contributed by atoms with Gasteiger partial charge in [-0.2, -0.15) is 20.1 Å². The normalized spacial score (nSPS) is 24.2. The van der Waals surface area contributed by atoms with Gasteiger partial charge in [0.05, 0.1) is 12.8 Å². The summed E-state index contributed by atoms with van der Waals surface area (Å²) in [5.74, 6) is 3.54. The Hall–Kier alpha value is -3.91. The summed E-state index contributed by atoms with van der Waals surface area (Å²) in [7, 11) is 1.73. The molecular formula is C26H34N12O2. The lowest BCUT2D eigenvalue weighted by Crippen LogP contribution is -2.48. The van der Waals surface area contributed by atoms with Gasteiger partial charge in [-0.15, -0.1) is 0 Å². The van der Waals surface area contributed by atoms with Crippen molar-refractivity contribution < 1.29 is 9.53 Å². The van der Waals surface area contributed by atoms with Crippen molar-refractivity contribution in [2.75, 3.05) is 66.9 Å².